The lowest BCUT2D eigenvalue weighted by Gasteiger charge is -2.15. The molecule has 9 nitrogen and oxygen atoms in total. The number of carbonyl (C=O) groups is 2. The Morgan fingerprint density at radius 1 is 1.18 bits per heavy atom. The highest BCUT2D eigenvalue weighted by Gasteiger charge is 2.36. The van der Waals surface area contributed by atoms with Crippen molar-refractivity contribution in [2.24, 2.45) is 0 Å². The van der Waals surface area contributed by atoms with Crippen LogP contribution in [0.5, 0.6) is 0 Å². The Morgan fingerprint density at radius 2 is 1.68 bits per heavy atom. The monoisotopic (exact) mass is 334 g/mol. The normalized spacial score (nSPS) is 11.5. The standard InChI is InChI=1S/C12H18N2O7S/c1-5-19-11(15)9(12(16)20-6-2)14-22(17,18)10-7(3)13-21-8(10)4/h9,14H,5-6H2,1-4H3. The predicted molar refractivity (Wildman–Crippen MR) is 73.4 cm³/mol. The zero-order valence-electron chi connectivity index (χ0n) is 12.7. The van der Waals surface area contributed by atoms with Crippen LogP contribution in [0, 0.1) is 13.8 Å². The maximum Gasteiger partial charge on any atom is 0.335 e. The van der Waals surface area contributed by atoms with Crippen LogP contribution in [0.1, 0.15) is 25.3 Å². The summed E-state index contributed by atoms with van der Waals surface area (Å²) < 4.78 is 40.8. The Hall–Kier alpha value is -1.94. The van der Waals surface area contributed by atoms with E-state index in [1.807, 2.05) is 4.72 Å². The molecule has 1 aromatic rings. The van der Waals surface area contributed by atoms with Crippen molar-refractivity contribution in [2.75, 3.05) is 13.2 Å². The van der Waals surface area contributed by atoms with E-state index in [0.717, 1.165) is 0 Å². The number of ether oxygens (including phenoxy) is 2. The second-order valence-electron chi connectivity index (χ2n) is 4.21. The highest BCUT2D eigenvalue weighted by atomic mass is 32.2. The third-order valence-electron chi connectivity index (χ3n) is 2.55. The maximum atomic E-state index is 12.3. The van der Waals surface area contributed by atoms with Crippen molar-refractivity contribution in [1.82, 2.24) is 9.88 Å². The first-order chi connectivity index (χ1) is 10.2. The molecule has 0 aliphatic heterocycles. The number of aromatic nitrogens is 1. The van der Waals surface area contributed by atoms with Gasteiger partial charge in [0.25, 0.3) is 0 Å². The van der Waals surface area contributed by atoms with Crippen LogP contribution in [0.4, 0.5) is 0 Å². The SMILES string of the molecule is CCOC(=O)C(NS(=O)(=O)c1c(C)noc1C)C(=O)OCC. The number of carbonyl (C=O) groups excluding carboxylic acids is 2. The molecular weight excluding hydrogens is 316 g/mol. The number of hydrogen-bond acceptors (Lipinski definition) is 8. The smallest absolute Gasteiger partial charge is 0.335 e. The average molecular weight is 334 g/mol. The van der Waals surface area contributed by atoms with Gasteiger partial charge in [0.2, 0.25) is 16.1 Å². The number of nitrogens with one attached hydrogen (secondary N) is 1. The minimum Gasteiger partial charge on any atom is -0.464 e. The highest BCUT2D eigenvalue weighted by Crippen LogP contribution is 2.19. The third-order valence-corrected chi connectivity index (χ3v) is 4.22. The molecule has 0 aliphatic carbocycles. The van der Waals surface area contributed by atoms with Gasteiger partial charge in [0.15, 0.2) is 5.76 Å². The van der Waals surface area contributed by atoms with Crippen LogP contribution in [0.25, 0.3) is 0 Å². The lowest BCUT2D eigenvalue weighted by atomic mass is 10.3. The van der Waals surface area contributed by atoms with Gasteiger partial charge < -0.3 is 14.0 Å². The second-order valence-corrected chi connectivity index (χ2v) is 5.86. The summed E-state index contributed by atoms with van der Waals surface area (Å²) in [5.41, 5.74) is 0.108. The summed E-state index contributed by atoms with van der Waals surface area (Å²) in [5, 5.41) is 3.53. The molecule has 0 aliphatic rings. The lowest BCUT2D eigenvalue weighted by Crippen LogP contribution is -2.48. The second kappa shape index (κ2) is 7.36. The van der Waals surface area contributed by atoms with Crippen molar-refractivity contribution >= 4 is 22.0 Å². The Labute approximate surface area is 128 Å². The first kappa shape index (κ1) is 18.1. The van der Waals surface area contributed by atoms with E-state index in [9.17, 15) is 18.0 Å². The van der Waals surface area contributed by atoms with E-state index >= 15 is 0 Å². The van der Waals surface area contributed by atoms with Gasteiger partial charge in [-0.3, -0.25) is 0 Å². The zero-order valence-corrected chi connectivity index (χ0v) is 13.5. The fourth-order valence-corrected chi connectivity index (χ4v) is 3.18. The molecule has 10 heteroatoms. The summed E-state index contributed by atoms with van der Waals surface area (Å²) in [7, 11) is -4.21. The van der Waals surface area contributed by atoms with Crippen LogP contribution >= 0.6 is 0 Å². The molecule has 124 valence electrons. The fraction of sp³-hybridized carbons (Fsp3) is 0.583. The Morgan fingerprint density at radius 3 is 2.05 bits per heavy atom. The van der Waals surface area contributed by atoms with E-state index in [2.05, 4.69) is 14.6 Å². The molecule has 0 atom stereocenters. The fourth-order valence-electron chi connectivity index (χ4n) is 1.72. The molecule has 0 spiro atoms. The molecule has 0 amide bonds. The van der Waals surface area contributed by atoms with Gasteiger partial charge >= 0.3 is 11.9 Å². The van der Waals surface area contributed by atoms with Crippen molar-refractivity contribution < 1.29 is 32.0 Å². The summed E-state index contributed by atoms with van der Waals surface area (Å²) in [4.78, 5) is 23.3. The molecule has 0 saturated carbocycles. The molecule has 0 bridgehead atoms. The summed E-state index contributed by atoms with van der Waals surface area (Å²) >= 11 is 0. The topological polar surface area (TPSA) is 125 Å². The first-order valence-corrected chi connectivity index (χ1v) is 8.01. The minimum absolute atomic E-state index is 0.0121. The van der Waals surface area contributed by atoms with E-state index in [4.69, 9.17) is 4.52 Å². The van der Waals surface area contributed by atoms with Crippen LogP contribution in [0.2, 0.25) is 0 Å². The Balaban J connectivity index is 3.12. The molecule has 0 aromatic carbocycles. The van der Waals surface area contributed by atoms with Gasteiger partial charge in [0.05, 0.1) is 13.2 Å². The molecule has 1 aromatic heterocycles. The Kier molecular flexibility index (Phi) is 6.06. The molecule has 0 unspecified atom stereocenters. The van der Waals surface area contributed by atoms with Gasteiger partial charge in [0.1, 0.15) is 10.6 Å². The van der Waals surface area contributed by atoms with Crippen LogP contribution in [-0.4, -0.2) is 44.8 Å². The van der Waals surface area contributed by atoms with Crippen LogP contribution < -0.4 is 4.72 Å². The van der Waals surface area contributed by atoms with Gasteiger partial charge in [-0.2, -0.15) is 4.72 Å². The van der Waals surface area contributed by atoms with Crippen molar-refractivity contribution in [1.29, 1.82) is 0 Å². The van der Waals surface area contributed by atoms with Gasteiger partial charge in [-0.1, -0.05) is 5.16 Å². The molecule has 1 N–H and O–H groups in total. The highest BCUT2D eigenvalue weighted by molar-refractivity contribution is 7.89. The van der Waals surface area contributed by atoms with Gasteiger partial charge in [0, 0.05) is 0 Å². The summed E-state index contributed by atoms with van der Waals surface area (Å²) in [6.07, 6.45) is 0. The summed E-state index contributed by atoms with van der Waals surface area (Å²) in [6, 6.07) is -1.79. The summed E-state index contributed by atoms with van der Waals surface area (Å²) in [5.74, 6) is -2.05. The minimum atomic E-state index is -4.21. The predicted octanol–water partition coefficient (Wildman–Crippen LogP) is 0.0645. The van der Waals surface area contributed by atoms with Crippen molar-refractivity contribution in [3.05, 3.63) is 11.5 Å². The maximum absolute atomic E-state index is 12.3. The average Bonchev–Trinajstić information content (AvgIpc) is 2.76. The molecule has 1 heterocycles. The quantitative estimate of drug-likeness (QED) is 0.548. The van der Waals surface area contributed by atoms with Crippen molar-refractivity contribution in [3.8, 4) is 0 Å². The van der Waals surface area contributed by atoms with E-state index in [-0.39, 0.29) is 29.6 Å². The summed E-state index contributed by atoms with van der Waals surface area (Å²) in [6.45, 7) is 5.86. The first-order valence-electron chi connectivity index (χ1n) is 6.53. The molecule has 0 fully saturated rings. The van der Waals surface area contributed by atoms with Crippen molar-refractivity contribution in [3.63, 3.8) is 0 Å². The van der Waals surface area contributed by atoms with Gasteiger partial charge in [-0.25, -0.2) is 18.0 Å². The third kappa shape index (κ3) is 4.04. The Bertz CT molecular complexity index is 613. The van der Waals surface area contributed by atoms with E-state index < -0.39 is 28.0 Å². The number of aryl methyl sites for hydroxylation is 2. The van der Waals surface area contributed by atoms with Gasteiger partial charge in [-0.05, 0) is 27.7 Å². The van der Waals surface area contributed by atoms with Crippen LogP contribution in [0.15, 0.2) is 9.42 Å². The molecular formula is C12H18N2O7S. The lowest BCUT2D eigenvalue weighted by molar-refractivity contribution is -0.157. The molecule has 0 saturated heterocycles. The van der Waals surface area contributed by atoms with Crippen LogP contribution in [0.3, 0.4) is 0 Å². The van der Waals surface area contributed by atoms with E-state index in [1.165, 1.54) is 27.7 Å². The molecule has 22 heavy (non-hydrogen) atoms. The molecule has 1 rings (SSSR count). The number of esters is 2. The van der Waals surface area contributed by atoms with E-state index in [1.54, 1.807) is 0 Å². The number of hydrogen-bond donors (Lipinski definition) is 1. The van der Waals surface area contributed by atoms with Crippen LogP contribution in [-0.2, 0) is 29.1 Å². The largest absolute Gasteiger partial charge is 0.464 e. The van der Waals surface area contributed by atoms with Crippen molar-refractivity contribution in [2.45, 2.75) is 38.6 Å². The number of nitrogens with zero attached hydrogens (tertiary/aromatic N) is 1. The number of sulfonamides is 1. The van der Waals surface area contributed by atoms with E-state index in [0.29, 0.717) is 0 Å². The number of rotatable bonds is 7. The molecule has 0 radical (unpaired) electrons. The zero-order chi connectivity index (χ0) is 16.9. The van der Waals surface area contributed by atoms with Gasteiger partial charge in [-0.15, -0.1) is 0 Å².